The van der Waals surface area contributed by atoms with Crippen LogP contribution in [0.25, 0.3) is 11.0 Å². The summed E-state index contributed by atoms with van der Waals surface area (Å²) in [5.41, 5.74) is 1.74. The molecule has 0 atom stereocenters. The van der Waals surface area contributed by atoms with Crippen LogP contribution >= 0.6 is 11.6 Å². The van der Waals surface area contributed by atoms with Crippen molar-refractivity contribution in [1.29, 1.82) is 0 Å². The molecular weight excluding hydrogens is 204 g/mol. The highest BCUT2D eigenvalue weighted by Crippen LogP contribution is 2.22. The van der Waals surface area contributed by atoms with Crippen molar-refractivity contribution < 1.29 is 4.84 Å². The lowest BCUT2D eigenvalue weighted by Crippen LogP contribution is -2.03. The highest BCUT2D eigenvalue weighted by molar-refractivity contribution is 6.34. The molecule has 0 radical (unpaired) electrons. The number of nitrogens with one attached hydrogen (secondary N) is 1. The Morgan fingerprint density at radius 3 is 3.14 bits per heavy atom. The summed E-state index contributed by atoms with van der Waals surface area (Å²) >= 11 is 5.94. The van der Waals surface area contributed by atoms with Crippen LogP contribution in [0.1, 0.15) is 5.56 Å². The molecule has 74 valence electrons. The molecular formula is C8H9ClN4O. The standard InChI is InChI=1S/C8H9ClN4O/c9-7-6-5(1-2-14-10)3-11-8(6)13-4-12-7/h3-4H,1-2,10H2,(H,11,12,13). The minimum atomic E-state index is 0.443. The maximum Gasteiger partial charge on any atom is 0.142 e. The zero-order valence-corrected chi connectivity index (χ0v) is 8.08. The molecule has 2 rings (SSSR count). The van der Waals surface area contributed by atoms with Gasteiger partial charge in [0.2, 0.25) is 0 Å². The summed E-state index contributed by atoms with van der Waals surface area (Å²) in [5.74, 6) is 4.95. The minimum absolute atomic E-state index is 0.443. The van der Waals surface area contributed by atoms with Gasteiger partial charge in [-0.05, 0) is 5.56 Å². The van der Waals surface area contributed by atoms with Gasteiger partial charge in [-0.3, -0.25) is 0 Å². The van der Waals surface area contributed by atoms with Gasteiger partial charge in [-0.25, -0.2) is 15.9 Å². The summed E-state index contributed by atoms with van der Waals surface area (Å²) in [6.45, 7) is 0.443. The van der Waals surface area contributed by atoms with Crippen LogP contribution in [0.3, 0.4) is 0 Å². The Hall–Kier alpha value is -1.17. The lowest BCUT2D eigenvalue weighted by molar-refractivity contribution is 0.141. The molecule has 0 amide bonds. The van der Waals surface area contributed by atoms with E-state index in [0.29, 0.717) is 18.2 Å². The summed E-state index contributed by atoms with van der Waals surface area (Å²) in [6.07, 6.45) is 3.94. The van der Waals surface area contributed by atoms with Gasteiger partial charge in [-0.2, -0.15) is 0 Å². The van der Waals surface area contributed by atoms with E-state index < -0.39 is 0 Å². The predicted molar refractivity (Wildman–Crippen MR) is 52.7 cm³/mol. The second kappa shape index (κ2) is 3.91. The Bertz CT molecular complexity index is 442. The minimum Gasteiger partial charge on any atom is -0.346 e. The summed E-state index contributed by atoms with van der Waals surface area (Å²) < 4.78 is 0. The quantitative estimate of drug-likeness (QED) is 0.589. The maximum absolute atomic E-state index is 5.94. The van der Waals surface area contributed by atoms with Crippen LogP contribution in [0.15, 0.2) is 12.5 Å². The van der Waals surface area contributed by atoms with Gasteiger partial charge < -0.3 is 9.82 Å². The van der Waals surface area contributed by atoms with Crippen LogP contribution in [-0.4, -0.2) is 21.6 Å². The second-order valence-electron chi connectivity index (χ2n) is 2.82. The third-order valence-electron chi connectivity index (χ3n) is 1.99. The number of H-pyrrole nitrogens is 1. The van der Waals surface area contributed by atoms with Gasteiger partial charge in [0.15, 0.2) is 0 Å². The van der Waals surface area contributed by atoms with Crippen molar-refractivity contribution in [3.63, 3.8) is 0 Å². The van der Waals surface area contributed by atoms with E-state index >= 15 is 0 Å². The molecule has 6 heteroatoms. The molecule has 0 fully saturated rings. The largest absolute Gasteiger partial charge is 0.346 e. The Balaban J connectivity index is 2.45. The summed E-state index contributed by atoms with van der Waals surface area (Å²) in [4.78, 5) is 15.5. The van der Waals surface area contributed by atoms with Crippen molar-refractivity contribution in [3.8, 4) is 0 Å². The van der Waals surface area contributed by atoms with E-state index in [0.717, 1.165) is 16.6 Å². The number of nitrogens with two attached hydrogens (primary N) is 1. The smallest absolute Gasteiger partial charge is 0.142 e. The fourth-order valence-electron chi connectivity index (χ4n) is 1.35. The number of hydrogen-bond acceptors (Lipinski definition) is 4. The molecule has 5 nitrogen and oxygen atoms in total. The monoisotopic (exact) mass is 212 g/mol. The number of aromatic nitrogens is 3. The zero-order valence-electron chi connectivity index (χ0n) is 7.33. The average Bonchev–Trinajstić information content (AvgIpc) is 2.59. The first-order valence-corrected chi connectivity index (χ1v) is 4.49. The molecule has 2 aromatic rings. The van der Waals surface area contributed by atoms with Crippen LogP contribution in [0.2, 0.25) is 5.15 Å². The molecule has 2 heterocycles. The first-order chi connectivity index (χ1) is 6.83. The topological polar surface area (TPSA) is 76.8 Å². The highest BCUT2D eigenvalue weighted by Gasteiger charge is 2.08. The fraction of sp³-hybridized carbons (Fsp3) is 0.250. The predicted octanol–water partition coefficient (Wildman–Crippen LogP) is 1.04. The summed E-state index contributed by atoms with van der Waals surface area (Å²) in [7, 11) is 0. The molecule has 0 saturated heterocycles. The van der Waals surface area contributed by atoms with Crippen LogP contribution in [0.4, 0.5) is 0 Å². The Morgan fingerprint density at radius 1 is 1.50 bits per heavy atom. The van der Waals surface area contributed by atoms with Crippen molar-refractivity contribution >= 4 is 22.6 Å². The van der Waals surface area contributed by atoms with Crippen molar-refractivity contribution in [2.45, 2.75) is 6.42 Å². The molecule has 0 spiro atoms. The van der Waals surface area contributed by atoms with Crippen LogP contribution < -0.4 is 5.90 Å². The van der Waals surface area contributed by atoms with Gasteiger partial charge >= 0.3 is 0 Å². The van der Waals surface area contributed by atoms with Gasteiger partial charge in [-0.1, -0.05) is 11.6 Å². The lowest BCUT2D eigenvalue weighted by atomic mass is 10.2. The van der Waals surface area contributed by atoms with E-state index in [1.807, 2.05) is 6.20 Å². The fourth-order valence-corrected chi connectivity index (χ4v) is 1.61. The van der Waals surface area contributed by atoms with Crippen molar-refractivity contribution in [2.24, 2.45) is 5.90 Å². The Labute approximate surface area is 85.2 Å². The van der Waals surface area contributed by atoms with Crippen LogP contribution in [0.5, 0.6) is 0 Å². The first kappa shape index (κ1) is 9.39. The highest BCUT2D eigenvalue weighted by atomic mass is 35.5. The first-order valence-electron chi connectivity index (χ1n) is 4.11. The zero-order chi connectivity index (χ0) is 9.97. The van der Waals surface area contributed by atoms with Crippen molar-refractivity contribution in [1.82, 2.24) is 15.0 Å². The third kappa shape index (κ3) is 1.57. The number of nitrogens with zero attached hydrogens (tertiary/aromatic N) is 2. The number of hydrogen-bond donors (Lipinski definition) is 2. The van der Waals surface area contributed by atoms with Gasteiger partial charge in [0, 0.05) is 12.6 Å². The Kier molecular flexibility index (Phi) is 2.62. The third-order valence-corrected chi connectivity index (χ3v) is 2.28. The number of fused-ring (bicyclic) bond motifs is 1. The van der Waals surface area contributed by atoms with Gasteiger partial charge in [0.25, 0.3) is 0 Å². The molecule has 0 unspecified atom stereocenters. The van der Waals surface area contributed by atoms with Crippen LogP contribution in [-0.2, 0) is 11.3 Å². The van der Waals surface area contributed by atoms with Gasteiger partial charge in [0.1, 0.15) is 17.1 Å². The maximum atomic E-state index is 5.94. The second-order valence-corrected chi connectivity index (χ2v) is 3.18. The SMILES string of the molecule is NOCCc1c[nH]c2ncnc(Cl)c12. The molecule has 0 aliphatic rings. The summed E-state index contributed by atoms with van der Waals surface area (Å²) in [6, 6.07) is 0. The number of rotatable bonds is 3. The average molecular weight is 213 g/mol. The van der Waals surface area contributed by atoms with Gasteiger partial charge in [0.05, 0.1) is 12.0 Å². The number of aromatic amines is 1. The Morgan fingerprint density at radius 2 is 2.36 bits per heavy atom. The van der Waals surface area contributed by atoms with Gasteiger partial charge in [-0.15, -0.1) is 0 Å². The van der Waals surface area contributed by atoms with Crippen LogP contribution in [0, 0.1) is 0 Å². The molecule has 0 saturated carbocycles. The van der Waals surface area contributed by atoms with E-state index in [2.05, 4.69) is 19.8 Å². The molecule has 0 aliphatic carbocycles. The normalized spacial score (nSPS) is 11.0. The van der Waals surface area contributed by atoms with E-state index in [4.69, 9.17) is 17.5 Å². The van der Waals surface area contributed by atoms with E-state index in [1.54, 1.807) is 0 Å². The van der Waals surface area contributed by atoms with E-state index in [1.165, 1.54) is 6.33 Å². The molecule has 0 aliphatic heterocycles. The number of halogens is 1. The molecule has 0 aromatic carbocycles. The molecule has 2 aromatic heterocycles. The van der Waals surface area contributed by atoms with E-state index in [-0.39, 0.29) is 0 Å². The summed E-state index contributed by atoms with van der Waals surface area (Å²) in [5, 5.41) is 1.29. The van der Waals surface area contributed by atoms with Crippen molar-refractivity contribution in [3.05, 3.63) is 23.2 Å². The molecule has 14 heavy (non-hydrogen) atoms. The van der Waals surface area contributed by atoms with Crippen molar-refractivity contribution in [2.75, 3.05) is 6.61 Å². The van der Waals surface area contributed by atoms with E-state index in [9.17, 15) is 0 Å². The molecule has 3 N–H and O–H groups in total. The lowest BCUT2D eigenvalue weighted by Gasteiger charge is -1.97. The molecule has 0 bridgehead atoms.